The quantitative estimate of drug-likeness (QED) is 0.855. The second-order valence-corrected chi connectivity index (χ2v) is 6.67. The summed E-state index contributed by atoms with van der Waals surface area (Å²) in [6, 6.07) is 8.93. The molecule has 1 N–H and O–H groups in total. The lowest BCUT2D eigenvalue weighted by atomic mass is 9.99. The molecule has 0 saturated carbocycles. The van der Waals surface area contributed by atoms with Crippen LogP contribution in [0.25, 0.3) is 10.6 Å². The van der Waals surface area contributed by atoms with E-state index >= 15 is 0 Å². The predicted octanol–water partition coefficient (Wildman–Crippen LogP) is 2.67. The number of imide groups is 1. The highest BCUT2D eigenvalue weighted by Gasteiger charge is 2.40. The molecule has 0 radical (unpaired) electrons. The van der Waals surface area contributed by atoms with E-state index in [9.17, 15) is 9.59 Å². The fraction of sp³-hybridized carbons (Fsp3) is 0.375. The zero-order valence-corrected chi connectivity index (χ0v) is 13.8. The Kier molecular flexibility index (Phi) is 4.38. The monoisotopic (exact) mass is 330 g/mol. The van der Waals surface area contributed by atoms with E-state index in [1.54, 1.807) is 0 Å². The molecule has 0 bridgehead atoms. The lowest BCUT2D eigenvalue weighted by Gasteiger charge is -2.15. The van der Waals surface area contributed by atoms with Crippen molar-refractivity contribution < 1.29 is 9.59 Å². The Balaban J connectivity index is 1.74. The topological polar surface area (TPSA) is 75.2 Å². The minimum absolute atomic E-state index is 0.116. The van der Waals surface area contributed by atoms with Gasteiger partial charge in [-0.2, -0.15) is 0 Å². The van der Waals surface area contributed by atoms with Gasteiger partial charge in [0.1, 0.15) is 16.1 Å². The Hall–Kier alpha value is -2.28. The fourth-order valence-corrected chi connectivity index (χ4v) is 3.30. The van der Waals surface area contributed by atoms with Crippen LogP contribution in [0.15, 0.2) is 30.3 Å². The summed E-state index contributed by atoms with van der Waals surface area (Å²) in [6.07, 6.45) is 0.835. The first kappa shape index (κ1) is 15.6. The average molecular weight is 330 g/mol. The molecule has 0 aliphatic carbocycles. The molecule has 0 unspecified atom stereocenters. The van der Waals surface area contributed by atoms with Crippen molar-refractivity contribution in [2.24, 2.45) is 5.92 Å². The maximum Gasteiger partial charge on any atom is 0.325 e. The van der Waals surface area contributed by atoms with Crippen LogP contribution in [0.3, 0.4) is 0 Å². The predicted molar refractivity (Wildman–Crippen MR) is 87.7 cm³/mol. The van der Waals surface area contributed by atoms with Crippen LogP contribution in [0, 0.1) is 5.92 Å². The van der Waals surface area contributed by atoms with Crippen molar-refractivity contribution in [2.45, 2.75) is 32.9 Å². The first-order valence-corrected chi connectivity index (χ1v) is 8.41. The molecule has 2 heterocycles. The fourth-order valence-electron chi connectivity index (χ4n) is 2.46. The number of hydrogen-bond acceptors (Lipinski definition) is 5. The summed E-state index contributed by atoms with van der Waals surface area (Å²) in [5.41, 5.74) is 0.978. The van der Waals surface area contributed by atoms with Gasteiger partial charge in [-0.05, 0) is 5.92 Å². The second kappa shape index (κ2) is 6.45. The molecular weight excluding hydrogens is 312 g/mol. The summed E-state index contributed by atoms with van der Waals surface area (Å²) >= 11 is 1.40. The highest BCUT2D eigenvalue weighted by molar-refractivity contribution is 7.14. The Morgan fingerprint density at radius 1 is 1.26 bits per heavy atom. The molecule has 2 atom stereocenters. The summed E-state index contributed by atoms with van der Waals surface area (Å²) in [4.78, 5) is 25.7. The molecular formula is C16H18N4O2S. The Labute approximate surface area is 138 Å². The normalized spacial score (nSPS) is 19.0. The van der Waals surface area contributed by atoms with E-state index < -0.39 is 6.04 Å². The van der Waals surface area contributed by atoms with Crippen LogP contribution in [0.1, 0.15) is 25.3 Å². The van der Waals surface area contributed by atoms with Crippen LogP contribution in [-0.2, 0) is 11.3 Å². The average Bonchev–Trinajstić information content (AvgIpc) is 3.15. The molecule has 3 rings (SSSR count). The number of aromatic nitrogens is 2. The third-order valence-electron chi connectivity index (χ3n) is 4.05. The lowest BCUT2D eigenvalue weighted by molar-refractivity contribution is -0.128. The molecule has 1 aliphatic heterocycles. The highest BCUT2D eigenvalue weighted by atomic mass is 32.1. The van der Waals surface area contributed by atoms with Crippen molar-refractivity contribution in [3.8, 4) is 10.6 Å². The molecule has 1 aromatic heterocycles. The number of nitrogens with one attached hydrogen (secondary N) is 1. The van der Waals surface area contributed by atoms with Gasteiger partial charge in [-0.25, -0.2) is 4.79 Å². The van der Waals surface area contributed by atoms with Gasteiger partial charge >= 0.3 is 6.03 Å². The number of nitrogens with zero attached hydrogens (tertiary/aromatic N) is 3. The van der Waals surface area contributed by atoms with Crippen LogP contribution >= 0.6 is 11.3 Å². The van der Waals surface area contributed by atoms with E-state index in [2.05, 4.69) is 15.5 Å². The Morgan fingerprint density at radius 3 is 2.70 bits per heavy atom. The summed E-state index contributed by atoms with van der Waals surface area (Å²) in [7, 11) is 0. The van der Waals surface area contributed by atoms with Crippen molar-refractivity contribution in [1.29, 1.82) is 0 Å². The number of amides is 3. The van der Waals surface area contributed by atoms with Crippen LogP contribution in [0.2, 0.25) is 0 Å². The standard InChI is InChI=1S/C16H18N4O2S/c1-3-10(2)13-15(21)20(16(22)17-13)9-12-18-19-14(23-12)11-7-5-4-6-8-11/h4-8,10,13H,3,9H2,1-2H3,(H,17,22)/t10-,13-/m0/s1. The third-order valence-corrected chi connectivity index (χ3v) is 5.01. The highest BCUT2D eigenvalue weighted by Crippen LogP contribution is 2.25. The number of carbonyl (C=O) groups excluding carboxylic acids is 2. The Morgan fingerprint density at radius 2 is 2.00 bits per heavy atom. The zero-order chi connectivity index (χ0) is 16.4. The summed E-state index contributed by atoms with van der Waals surface area (Å²) in [5, 5.41) is 12.4. The second-order valence-electron chi connectivity index (χ2n) is 5.60. The number of rotatable bonds is 5. The number of carbonyl (C=O) groups is 2. The van der Waals surface area contributed by atoms with Crippen LogP contribution in [0.5, 0.6) is 0 Å². The van der Waals surface area contributed by atoms with Gasteiger partial charge in [0.05, 0.1) is 6.54 Å². The minimum atomic E-state index is -0.436. The van der Waals surface area contributed by atoms with Gasteiger partial charge in [-0.1, -0.05) is 61.9 Å². The SMILES string of the molecule is CC[C@H](C)[C@@H]1NC(=O)N(Cc2nnc(-c3ccccc3)s2)C1=O. The van der Waals surface area contributed by atoms with E-state index in [0.717, 1.165) is 17.0 Å². The molecule has 0 spiro atoms. The number of hydrogen-bond donors (Lipinski definition) is 1. The van der Waals surface area contributed by atoms with E-state index in [1.165, 1.54) is 16.2 Å². The van der Waals surface area contributed by atoms with Crippen molar-refractivity contribution in [3.05, 3.63) is 35.3 Å². The first-order valence-electron chi connectivity index (χ1n) is 7.59. The number of benzene rings is 1. The molecule has 1 aromatic carbocycles. The number of urea groups is 1. The van der Waals surface area contributed by atoms with Gasteiger partial charge in [0.15, 0.2) is 0 Å². The maximum absolute atomic E-state index is 12.4. The van der Waals surface area contributed by atoms with Crippen LogP contribution < -0.4 is 5.32 Å². The van der Waals surface area contributed by atoms with Crippen molar-refractivity contribution >= 4 is 23.3 Å². The smallest absolute Gasteiger partial charge is 0.325 e. The van der Waals surface area contributed by atoms with E-state index in [0.29, 0.717) is 5.01 Å². The third kappa shape index (κ3) is 3.10. The van der Waals surface area contributed by atoms with Crippen molar-refractivity contribution in [3.63, 3.8) is 0 Å². The van der Waals surface area contributed by atoms with E-state index in [-0.39, 0.29) is 24.4 Å². The van der Waals surface area contributed by atoms with Crippen LogP contribution in [0.4, 0.5) is 4.79 Å². The first-order chi connectivity index (χ1) is 11.1. The van der Waals surface area contributed by atoms with Gasteiger partial charge in [-0.3, -0.25) is 9.69 Å². The summed E-state index contributed by atoms with van der Waals surface area (Å²) < 4.78 is 0. The van der Waals surface area contributed by atoms with Gasteiger partial charge in [0.25, 0.3) is 5.91 Å². The largest absolute Gasteiger partial charge is 0.326 e. The van der Waals surface area contributed by atoms with Gasteiger partial charge in [0.2, 0.25) is 0 Å². The molecule has 1 aliphatic rings. The van der Waals surface area contributed by atoms with E-state index in [4.69, 9.17) is 0 Å². The summed E-state index contributed by atoms with van der Waals surface area (Å²) in [5.74, 6) is -0.0634. The minimum Gasteiger partial charge on any atom is -0.326 e. The van der Waals surface area contributed by atoms with Crippen molar-refractivity contribution in [2.75, 3.05) is 0 Å². The van der Waals surface area contributed by atoms with Gasteiger partial charge < -0.3 is 5.32 Å². The molecule has 23 heavy (non-hydrogen) atoms. The van der Waals surface area contributed by atoms with Gasteiger partial charge in [-0.15, -0.1) is 10.2 Å². The molecule has 2 aromatic rings. The molecule has 7 heteroatoms. The molecule has 3 amide bonds. The summed E-state index contributed by atoms with van der Waals surface area (Å²) in [6.45, 7) is 4.14. The van der Waals surface area contributed by atoms with Crippen LogP contribution in [-0.4, -0.2) is 33.1 Å². The molecule has 1 fully saturated rings. The maximum atomic E-state index is 12.4. The van der Waals surface area contributed by atoms with Gasteiger partial charge in [0, 0.05) is 5.56 Å². The molecule has 1 saturated heterocycles. The molecule has 120 valence electrons. The zero-order valence-electron chi connectivity index (χ0n) is 13.0. The van der Waals surface area contributed by atoms with E-state index in [1.807, 2.05) is 44.2 Å². The van der Waals surface area contributed by atoms with Crippen molar-refractivity contribution in [1.82, 2.24) is 20.4 Å². The molecule has 6 nitrogen and oxygen atoms in total. The lowest BCUT2D eigenvalue weighted by Crippen LogP contribution is -2.35. The Bertz CT molecular complexity index is 716.